The second-order valence-corrected chi connectivity index (χ2v) is 10.2. The van der Waals surface area contributed by atoms with E-state index in [4.69, 9.17) is 0 Å². The number of carbonyl (C=O) groups is 2. The normalized spacial score (nSPS) is 23.0. The summed E-state index contributed by atoms with van der Waals surface area (Å²) in [5.41, 5.74) is 1.84. The summed E-state index contributed by atoms with van der Waals surface area (Å²) in [6.07, 6.45) is 1.11. The van der Waals surface area contributed by atoms with Crippen LogP contribution in [-0.4, -0.2) is 53.8 Å². The fourth-order valence-corrected chi connectivity index (χ4v) is 5.89. The van der Waals surface area contributed by atoms with Gasteiger partial charge in [-0.15, -0.1) is 0 Å². The van der Waals surface area contributed by atoms with Crippen LogP contribution in [0.15, 0.2) is 48.5 Å². The highest BCUT2D eigenvalue weighted by Crippen LogP contribution is 2.34. The molecule has 0 saturated carbocycles. The van der Waals surface area contributed by atoms with Crippen molar-refractivity contribution in [3.8, 4) is 0 Å². The first kappa shape index (κ1) is 24.7. The monoisotopic (exact) mass is 499 g/mol. The van der Waals surface area contributed by atoms with E-state index in [2.05, 4.69) is 4.90 Å². The summed E-state index contributed by atoms with van der Waals surface area (Å²) in [6, 6.07) is 12.9. The molecule has 5 nitrogen and oxygen atoms in total. The number of halogens is 3. The summed E-state index contributed by atoms with van der Waals surface area (Å²) in [5, 5.41) is 0. The predicted octanol–water partition coefficient (Wildman–Crippen LogP) is 5.35. The average Bonchev–Trinajstić information content (AvgIpc) is 2.90. The molecule has 8 heteroatoms. The second-order valence-electron chi connectivity index (χ2n) is 10.2. The number of anilines is 1. The largest absolute Gasteiger partial charge is 0.416 e. The van der Waals surface area contributed by atoms with Crippen LogP contribution in [0.25, 0.3) is 0 Å². The maximum absolute atomic E-state index is 13.3. The number of hydrogen-bond acceptors (Lipinski definition) is 3. The highest BCUT2D eigenvalue weighted by Gasteiger charge is 2.40. The number of nitrogens with zero attached hydrogens (tertiary/aromatic N) is 3. The Kier molecular flexibility index (Phi) is 6.95. The highest BCUT2D eigenvalue weighted by atomic mass is 19.4. The first-order chi connectivity index (χ1) is 17.3. The Bertz CT molecular complexity index is 1080. The Hall–Kier alpha value is -3.03. The quantitative estimate of drug-likeness (QED) is 0.570. The zero-order valence-electron chi connectivity index (χ0n) is 20.3. The molecule has 0 N–H and O–H groups in total. The molecule has 0 aromatic heterocycles. The van der Waals surface area contributed by atoms with Gasteiger partial charge in [-0.2, -0.15) is 13.2 Å². The Morgan fingerprint density at radius 3 is 2.25 bits per heavy atom. The molecular weight excluding hydrogens is 467 g/mol. The van der Waals surface area contributed by atoms with E-state index in [0.29, 0.717) is 43.6 Å². The van der Waals surface area contributed by atoms with Gasteiger partial charge in [0.15, 0.2) is 0 Å². The van der Waals surface area contributed by atoms with Gasteiger partial charge in [0.2, 0.25) is 5.91 Å². The summed E-state index contributed by atoms with van der Waals surface area (Å²) in [4.78, 5) is 32.1. The maximum Gasteiger partial charge on any atom is 0.416 e. The van der Waals surface area contributed by atoms with Gasteiger partial charge < -0.3 is 14.7 Å². The van der Waals surface area contributed by atoms with Crippen molar-refractivity contribution in [2.75, 3.05) is 31.1 Å². The van der Waals surface area contributed by atoms with Gasteiger partial charge in [-0.3, -0.25) is 9.59 Å². The van der Waals surface area contributed by atoms with Gasteiger partial charge in [0.05, 0.1) is 5.56 Å². The van der Waals surface area contributed by atoms with Crippen molar-refractivity contribution < 1.29 is 22.8 Å². The van der Waals surface area contributed by atoms with Crippen LogP contribution in [-0.2, 0) is 17.5 Å². The van der Waals surface area contributed by atoms with Crippen molar-refractivity contribution in [1.82, 2.24) is 9.80 Å². The molecule has 5 rings (SSSR count). The van der Waals surface area contributed by atoms with E-state index in [9.17, 15) is 22.8 Å². The number of piperidine rings is 3. The number of likely N-dealkylation sites (tertiary alicyclic amines) is 2. The Balaban J connectivity index is 1.22. The topological polar surface area (TPSA) is 43.9 Å². The molecule has 3 aliphatic rings. The van der Waals surface area contributed by atoms with Gasteiger partial charge in [-0.1, -0.05) is 12.1 Å². The van der Waals surface area contributed by atoms with Crippen molar-refractivity contribution in [3.05, 3.63) is 65.2 Å². The van der Waals surface area contributed by atoms with Gasteiger partial charge in [0, 0.05) is 56.4 Å². The summed E-state index contributed by atoms with van der Waals surface area (Å²) in [6.45, 7) is 3.57. The number of carbonyl (C=O) groups excluding carboxylic acids is 2. The second kappa shape index (κ2) is 10.1. The highest BCUT2D eigenvalue weighted by molar-refractivity contribution is 5.94. The first-order valence-corrected chi connectivity index (χ1v) is 12.9. The Morgan fingerprint density at radius 2 is 1.58 bits per heavy atom. The minimum Gasteiger partial charge on any atom is -0.372 e. The van der Waals surface area contributed by atoms with Crippen molar-refractivity contribution in [1.29, 1.82) is 0 Å². The van der Waals surface area contributed by atoms with Crippen molar-refractivity contribution in [2.45, 2.75) is 57.3 Å². The molecule has 0 aliphatic carbocycles. The number of amides is 2. The van der Waals surface area contributed by atoms with E-state index < -0.39 is 11.7 Å². The van der Waals surface area contributed by atoms with E-state index in [1.165, 1.54) is 31.4 Å². The van der Waals surface area contributed by atoms with Crippen LogP contribution in [0, 0.1) is 5.92 Å². The lowest BCUT2D eigenvalue weighted by molar-refractivity contribution is -0.141. The maximum atomic E-state index is 13.3. The van der Waals surface area contributed by atoms with E-state index >= 15 is 0 Å². The van der Waals surface area contributed by atoms with Crippen molar-refractivity contribution in [2.24, 2.45) is 5.92 Å². The van der Waals surface area contributed by atoms with Gasteiger partial charge in [0.25, 0.3) is 5.91 Å². The number of rotatable bonds is 4. The molecule has 0 bridgehead atoms. The third-order valence-electron chi connectivity index (χ3n) is 7.90. The number of benzene rings is 2. The summed E-state index contributed by atoms with van der Waals surface area (Å²) < 4.78 is 38.7. The van der Waals surface area contributed by atoms with Crippen LogP contribution in [0.2, 0.25) is 0 Å². The minimum absolute atomic E-state index is 0.000861. The van der Waals surface area contributed by atoms with Crippen molar-refractivity contribution in [3.63, 3.8) is 0 Å². The fraction of sp³-hybridized carbons (Fsp3) is 0.500. The van der Waals surface area contributed by atoms with Crippen LogP contribution >= 0.6 is 0 Å². The summed E-state index contributed by atoms with van der Waals surface area (Å²) in [5.74, 6) is 0.219. The lowest BCUT2D eigenvalue weighted by atomic mass is 9.83. The molecule has 2 amide bonds. The summed E-state index contributed by atoms with van der Waals surface area (Å²) >= 11 is 0. The van der Waals surface area contributed by atoms with Gasteiger partial charge >= 0.3 is 6.18 Å². The molecule has 3 heterocycles. The standard InChI is InChI=1S/C28H32F3N3O2/c29-28(30,31)23-9-4-20(5-10-23)18-34-25-14-17-33(19-22(25)8-13-26(34)35)27(36)21-6-11-24(12-7-21)32-15-2-1-3-16-32/h4-7,9-12,22,25H,1-3,8,13-19H2/t22-,25+/m1/s1. The van der Waals surface area contributed by atoms with E-state index in [1.54, 1.807) is 0 Å². The minimum atomic E-state index is -4.38. The molecule has 36 heavy (non-hydrogen) atoms. The van der Waals surface area contributed by atoms with Gasteiger partial charge in [-0.05, 0) is 80.0 Å². The van der Waals surface area contributed by atoms with Gasteiger partial charge in [-0.25, -0.2) is 0 Å². The Labute approximate surface area is 209 Å². The molecule has 3 fully saturated rings. The molecule has 2 atom stereocenters. The zero-order chi connectivity index (χ0) is 25.3. The number of alkyl halides is 3. The van der Waals surface area contributed by atoms with Crippen LogP contribution in [0.5, 0.6) is 0 Å². The lowest BCUT2D eigenvalue weighted by Crippen LogP contribution is -2.56. The van der Waals surface area contributed by atoms with E-state index in [1.807, 2.05) is 34.1 Å². The third kappa shape index (κ3) is 5.22. The smallest absolute Gasteiger partial charge is 0.372 e. The van der Waals surface area contributed by atoms with Crippen LogP contribution in [0.4, 0.5) is 18.9 Å². The molecule has 3 aliphatic heterocycles. The van der Waals surface area contributed by atoms with Gasteiger partial charge in [0.1, 0.15) is 0 Å². The number of hydrogen-bond donors (Lipinski definition) is 0. The van der Waals surface area contributed by atoms with Crippen molar-refractivity contribution >= 4 is 17.5 Å². The molecule has 192 valence electrons. The third-order valence-corrected chi connectivity index (χ3v) is 7.90. The molecule has 0 unspecified atom stereocenters. The lowest BCUT2D eigenvalue weighted by Gasteiger charge is -2.47. The summed E-state index contributed by atoms with van der Waals surface area (Å²) in [7, 11) is 0. The molecule has 0 spiro atoms. The molecular formula is C28H32F3N3O2. The predicted molar refractivity (Wildman–Crippen MR) is 132 cm³/mol. The van der Waals surface area contributed by atoms with E-state index in [-0.39, 0.29) is 23.8 Å². The Morgan fingerprint density at radius 1 is 0.889 bits per heavy atom. The molecule has 3 saturated heterocycles. The molecule has 0 radical (unpaired) electrons. The van der Waals surface area contributed by atoms with E-state index in [0.717, 1.165) is 37.3 Å². The molecule has 2 aromatic rings. The SMILES string of the molecule is O=C(c1ccc(N2CCCCC2)cc1)N1CC[C@H]2[C@H](CCC(=O)N2Cc2ccc(C(F)(F)F)cc2)C1. The zero-order valence-corrected chi connectivity index (χ0v) is 20.3. The number of fused-ring (bicyclic) bond motifs is 1. The molecule has 2 aromatic carbocycles. The van der Waals surface area contributed by atoms with Crippen LogP contribution < -0.4 is 4.90 Å². The first-order valence-electron chi connectivity index (χ1n) is 12.9. The van der Waals surface area contributed by atoms with Crippen LogP contribution in [0.1, 0.15) is 60.0 Å². The van der Waals surface area contributed by atoms with Crippen LogP contribution in [0.3, 0.4) is 0 Å². The average molecular weight is 500 g/mol. The fourth-order valence-electron chi connectivity index (χ4n) is 5.89.